The molecule has 2 aromatic carbocycles. The SMILES string of the molecule is O=C1CC(Cc2ccccc2)Nc2cc(O)cc(O)c21. The molecule has 20 heavy (non-hydrogen) atoms. The molecule has 0 saturated carbocycles. The Balaban J connectivity index is 1.87. The monoisotopic (exact) mass is 269 g/mol. The molecule has 0 aliphatic carbocycles. The Hall–Kier alpha value is -2.49. The van der Waals surface area contributed by atoms with Crippen LogP contribution in [0.1, 0.15) is 22.3 Å². The molecule has 2 aromatic rings. The molecule has 4 heteroatoms. The molecule has 0 amide bonds. The van der Waals surface area contributed by atoms with Crippen LogP contribution in [0.25, 0.3) is 0 Å². The van der Waals surface area contributed by atoms with Gasteiger partial charge in [-0.1, -0.05) is 30.3 Å². The van der Waals surface area contributed by atoms with E-state index < -0.39 is 0 Å². The van der Waals surface area contributed by atoms with E-state index in [9.17, 15) is 15.0 Å². The van der Waals surface area contributed by atoms with Gasteiger partial charge in [-0.2, -0.15) is 0 Å². The average Bonchev–Trinajstić information content (AvgIpc) is 2.38. The maximum Gasteiger partial charge on any atom is 0.170 e. The molecule has 102 valence electrons. The van der Waals surface area contributed by atoms with Crippen molar-refractivity contribution < 1.29 is 15.0 Å². The lowest BCUT2D eigenvalue weighted by Crippen LogP contribution is -2.31. The zero-order valence-corrected chi connectivity index (χ0v) is 10.8. The molecule has 0 radical (unpaired) electrons. The number of phenolic OH excluding ortho intramolecular Hbond substituents is 2. The summed E-state index contributed by atoms with van der Waals surface area (Å²) in [6.45, 7) is 0. The highest BCUT2D eigenvalue weighted by atomic mass is 16.3. The number of carbonyl (C=O) groups is 1. The van der Waals surface area contributed by atoms with E-state index in [2.05, 4.69) is 5.32 Å². The summed E-state index contributed by atoms with van der Waals surface area (Å²) >= 11 is 0. The molecular formula is C16H15NO3. The van der Waals surface area contributed by atoms with Gasteiger partial charge in [-0.15, -0.1) is 0 Å². The molecule has 0 fully saturated rings. The van der Waals surface area contributed by atoms with Crippen LogP contribution in [-0.2, 0) is 6.42 Å². The molecule has 4 nitrogen and oxygen atoms in total. The van der Waals surface area contributed by atoms with Gasteiger partial charge in [-0.05, 0) is 12.0 Å². The number of fused-ring (bicyclic) bond motifs is 1. The number of aromatic hydroxyl groups is 2. The molecule has 0 aromatic heterocycles. The van der Waals surface area contributed by atoms with Crippen LogP contribution in [0, 0.1) is 0 Å². The van der Waals surface area contributed by atoms with Crippen LogP contribution in [0.15, 0.2) is 42.5 Å². The van der Waals surface area contributed by atoms with Crippen molar-refractivity contribution in [3.8, 4) is 11.5 Å². The van der Waals surface area contributed by atoms with Crippen LogP contribution in [0.3, 0.4) is 0 Å². The molecule has 1 heterocycles. The lowest BCUT2D eigenvalue weighted by Gasteiger charge is -2.26. The van der Waals surface area contributed by atoms with E-state index in [-0.39, 0.29) is 28.9 Å². The van der Waals surface area contributed by atoms with Gasteiger partial charge in [0.1, 0.15) is 11.5 Å². The number of phenols is 2. The first-order valence-corrected chi connectivity index (χ1v) is 6.53. The minimum atomic E-state index is -0.171. The fraction of sp³-hybridized carbons (Fsp3) is 0.188. The van der Waals surface area contributed by atoms with Crippen LogP contribution in [0.5, 0.6) is 11.5 Å². The quantitative estimate of drug-likeness (QED) is 0.784. The van der Waals surface area contributed by atoms with E-state index in [4.69, 9.17) is 0 Å². The van der Waals surface area contributed by atoms with Crippen LogP contribution in [-0.4, -0.2) is 22.0 Å². The molecule has 1 aliphatic rings. The largest absolute Gasteiger partial charge is 0.508 e. The van der Waals surface area contributed by atoms with Crippen LogP contribution < -0.4 is 5.32 Å². The first kappa shape index (κ1) is 12.5. The topological polar surface area (TPSA) is 69.6 Å². The van der Waals surface area contributed by atoms with Gasteiger partial charge in [-0.25, -0.2) is 0 Å². The molecule has 1 atom stereocenters. The third kappa shape index (κ3) is 2.32. The zero-order chi connectivity index (χ0) is 14.1. The zero-order valence-electron chi connectivity index (χ0n) is 10.8. The van der Waals surface area contributed by atoms with Gasteiger partial charge < -0.3 is 15.5 Å². The van der Waals surface area contributed by atoms with E-state index in [1.807, 2.05) is 30.3 Å². The number of Topliss-reactive ketones (excluding diaryl/α,β-unsaturated/α-hetero) is 1. The lowest BCUT2D eigenvalue weighted by atomic mass is 9.92. The van der Waals surface area contributed by atoms with Crippen molar-refractivity contribution in [1.29, 1.82) is 0 Å². The number of ketones is 1. The Morgan fingerprint density at radius 3 is 2.65 bits per heavy atom. The fourth-order valence-electron chi connectivity index (χ4n) is 2.64. The van der Waals surface area contributed by atoms with E-state index >= 15 is 0 Å². The molecule has 1 aliphatic heterocycles. The minimum Gasteiger partial charge on any atom is -0.508 e. The molecule has 0 bridgehead atoms. The van der Waals surface area contributed by atoms with Crippen molar-refractivity contribution in [3.05, 3.63) is 53.6 Å². The van der Waals surface area contributed by atoms with Crippen molar-refractivity contribution in [2.75, 3.05) is 5.32 Å². The predicted molar refractivity (Wildman–Crippen MR) is 76.3 cm³/mol. The Kier molecular flexibility index (Phi) is 3.06. The van der Waals surface area contributed by atoms with Crippen LogP contribution >= 0.6 is 0 Å². The second-order valence-electron chi connectivity index (χ2n) is 5.05. The van der Waals surface area contributed by atoms with Gasteiger partial charge in [0.2, 0.25) is 0 Å². The number of nitrogens with one attached hydrogen (secondary N) is 1. The van der Waals surface area contributed by atoms with Crippen molar-refractivity contribution in [1.82, 2.24) is 0 Å². The van der Waals surface area contributed by atoms with Crippen molar-refractivity contribution >= 4 is 11.5 Å². The number of benzene rings is 2. The van der Waals surface area contributed by atoms with Crippen molar-refractivity contribution in [2.24, 2.45) is 0 Å². The molecule has 3 rings (SSSR count). The summed E-state index contributed by atoms with van der Waals surface area (Å²) < 4.78 is 0. The van der Waals surface area contributed by atoms with E-state index in [1.165, 1.54) is 12.1 Å². The predicted octanol–water partition coefficient (Wildman–Crippen LogP) is 2.71. The summed E-state index contributed by atoms with van der Waals surface area (Å²) in [4.78, 5) is 12.1. The van der Waals surface area contributed by atoms with E-state index in [0.717, 1.165) is 12.0 Å². The Bertz CT molecular complexity index is 652. The summed E-state index contributed by atoms with van der Waals surface area (Å²) in [5.41, 5.74) is 1.91. The first-order valence-electron chi connectivity index (χ1n) is 6.53. The second kappa shape index (κ2) is 4.89. The normalized spacial score (nSPS) is 17.4. The number of rotatable bonds is 2. The van der Waals surface area contributed by atoms with Crippen LogP contribution in [0.4, 0.5) is 5.69 Å². The second-order valence-corrected chi connectivity index (χ2v) is 5.05. The molecule has 0 spiro atoms. The number of carbonyl (C=O) groups excluding carboxylic acids is 1. The summed E-state index contributed by atoms with van der Waals surface area (Å²) in [7, 11) is 0. The third-order valence-corrected chi connectivity index (χ3v) is 3.50. The van der Waals surface area contributed by atoms with E-state index in [0.29, 0.717) is 12.1 Å². The Labute approximate surface area is 116 Å². The standard InChI is InChI=1S/C16H15NO3/c18-12-8-13-16(15(20)9-12)14(19)7-11(17-13)6-10-4-2-1-3-5-10/h1-5,8-9,11,17-18,20H,6-7H2. The highest BCUT2D eigenvalue weighted by Crippen LogP contribution is 2.36. The maximum atomic E-state index is 12.1. The first-order chi connectivity index (χ1) is 9.63. The average molecular weight is 269 g/mol. The summed E-state index contributed by atoms with van der Waals surface area (Å²) in [5, 5.41) is 22.5. The van der Waals surface area contributed by atoms with Gasteiger partial charge in [0.15, 0.2) is 5.78 Å². The van der Waals surface area contributed by atoms with Crippen molar-refractivity contribution in [2.45, 2.75) is 18.9 Å². The summed E-state index contributed by atoms with van der Waals surface area (Å²) in [6, 6.07) is 12.5. The van der Waals surface area contributed by atoms with Crippen molar-refractivity contribution in [3.63, 3.8) is 0 Å². The van der Waals surface area contributed by atoms with Crippen LogP contribution in [0.2, 0.25) is 0 Å². The smallest absolute Gasteiger partial charge is 0.170 e. The summed E-state index contributed by atoms with van der Waals surface area (Å²) in [5.74, 6) is -0.324. The molecule has 3 N–H and O–H groups in total. The summed E-state index contributed by atoms with van der Waals surface area (Å²) in [6.07, 6.45) is 1.06. The van der Waals surface area contributed by atoms with Gasteiger partial charge in [-0.3, -0.25) is 4.79 Å². The third-order valence-electron chi connectivity index (χ3n) is 3.50. The molecule has 1 unspecified atom stereocenters. The Morgan fingerprint density at radius 1 is 1.15 bits per heavy atom. The van der Waals surface area contributed by atoms with Gasteiger partial charge in [0.05, 0.1) is 11.3 Å². The van der Waals surface area contributed by atoms with Gasteiger partial charge >= 0.3 is 0 Å². The highest BCUT2D eigenvalue weighted by Gasteiger charge is 2.27. The number of hydrogen-bond donors (Lipinski definition) is 3. The fourth-order valence-corrected chi connectivity index (χ4v) is 2.64. The highest BCUT2D eigenvalue weighted by molar-refractivity contribution is 6.06. The van der Waals surface area contributed by atoms with Gasteiger partial charge in [0.25, 0.3) is 0 Å². The lowest BCUT2D eigenvalue weighted by molar-refractivity contribution is 0.0969. The maximum absolute atomic E-state index is 12.1. The number of hydrogen-bond acceptors (Lipinski definition) is 4. The van der Waals surface area contributed by atoms with E-state index in [1.54, 1.807) is 0 Å². The molecular weight excluding hydrogens is 254 g/mol. The Morgan fingerprint density at radius 2 is 1.90 bits per heavy atom. The minimum absolute atomic E-state index is 0.0291. The molecule has 0 saturated heterocycles. The number of anilines is 1. The van der Waals surface area contributed by atoms with Gasteiger partial charge in [0, 0.05) is 24.6 Å².